The Morgan fingerprint density at radius 2 is 1.77 bits per heavy atom. The predicted molar refractivity (Wildman–Crippen MR) is 122 cm³/mol. The molecule has 0 saturated carbocycles. The third-order valence-corrected chi connectivity index (χ3v) is 5.19. The van der Waals surface area contributed by atoms with Crippen molar-refractivity contribution in [3.63, 3.8) is 0 Å². The number of piperidine rings is 1. The summed E-state index contributed by atoms with van der Waals surface area (Å²) in [6.07, 6.45) is 1.05. The number of anilines is 1. The van der Waals surface area contributed by atoms with Crippen LogP contribution >= 0.6 is 23.2 Å². The maximum absolute atomic E-state index is 12.5. The molecule has 10 heteroatoms. The van der Waals surface area contributed by atoms with E-state index in [0.717, 1.165) is 19.4 Å². The molecule has 0 spiro atoms. The van der Waals surface area contributed by atoms with E-state index in [1.54, 1.807) is 39.0 Å². The number of halogens is 2. The van der Waals surface area contributed by atoms with E-state index in [4.69, 9.17) is 27.9 Å². The Morgan fingerprint density at radius 1 is 1.13 bits per heavy atom. The molecule has 3 amide bonds. The van der Waals surface area contributed by atoms with E-state index in [1.165, 1.54) is 0 Å². The molecule has 1 aliphatic heterocycles. The number of nitrogens with one attached hydrogen (secondary N) is 3. The molecule has 31 heavy (non-hydrogen) atoms. The Balaban J connectivity index is 1.74. The molecule has 2 rings (SSSR count). The second kappa shape index (κ2) is 11.5. The van der Waals surface area contributed by atoms with Crippen LogP contribution in [0.1, 0.15) is 33.6 Å². The first-order valence-corrected chi connectivity index (χ1v) is 11.0. The van der Waals surface area contributed by atoms with E-state index in [-0.39, 0.29) is 30.8 Å². The standard InChI is InChI=1S/C21H30Cl2N4O4/c1-21(2,3)31-20(30)25-10-9-24-19(29)14-6-5-11-27(12-14)13-17(28)26-18-15(22)7-4-8-16(18)23/h4,7-8,14H,5-6,9-13H2,1-3H3,(H,24,29)(H,25,30)(H,26,28). The zero-order valence-electron chi connectivity index (χ0n) is 18.1. The van der Waals surface area contributed by atoms with Gasteiger partial charge in [-0.1, -0.05) is 29.3 Å². The Morgan fingerprint density at radius 3 is 2.42 bits per heavy atom. The van der Waals surface area contributed by atoms with Crippen molar-refractivity contribution in [1.29, 1.82) is 0 Å². The van der Waals surface area contributed by atoms with E-state index in [1.807, 2.05) is 4.90 Å². The first-order chi connectivity index (χ1) is 14.5. The average Bonchev–Trinajstić information content (AvgIpc) is 2.67. The van der Waals surface area contributed by atoms with E-state index < -0.39 is 11.7 Å². The number of alkyl carbamates (subject to hydrolysis) is 1. The van der Waals surface area contributed by atoms with E-state index in [0.29, 0.717) is 28.8 Å². The van der Waals surface area contributed by atoms with Gasteiger partial charge in [0.1, 0.15) is 5.60 Å². The second-order valence-corrected chi connectivity index (χ2v) is 9.25. The smallest absolute Gasteiger partial charge is 0.407 e. The molecule has 1 atom stereocenters. The van der Waals surface area contributed by atoms with Gasteiger partial charge >= 0.3 is 6.09 Å². The molecule has 0 aliphatic carbocycles. The van der Waals surface area contributed by atoms with Crippen molar-refractivity contribution >= 4 is 46.8 Å². The fourth-order valence-corrected chi connectivity index (χ4v) is 3.71. The molecule has 172 valence electrons. The topological polar surface area (TPSA) is 99.8 Å². The zero-order chi connectivity index (χ0) is 23.0. The van der Waals surface area contributed by atoms with Crippen LogP contribution < -0.4 is 16.0 Å². The molecular weight excluding hydrogens is 443 g/mol. The predicted octanol–water partition coefficient (Wildman–Crippen LogP) is 3.28. The third-order valence-electron chi connectivity index (χ3n) is 4.56. The summed E-state index contributed by atoms with van der Waals surface area (Å²) in [6.45, 7) is 7.29. The summed E-state index contributed by atoms with van der Waals surface area (Å²) < 4.78 is 5.15. The fourth-order valence-electron chi connectivity index (χ4n) is 3.22. The van der Waals surface area contributed by atoms with Crippen LogP contribution in [0.25, 0.3) is 0 Å². The number of hydrogen-bond acceptors (Lipinski definition) is 5. The van der Waals surface area contributed by atoms with Crippen LogP contribution in [0.3, 0.4) is 0 Å². The summed E-state index contributed by atoms with van der Waals surface area (Å²) in [7, 11) is 0. The molecule has 1 aromatic carbocycles. The van der Waals surface area contributed by atoms with Crippen molar-refractivity contribution in [3.8, 4) is 0 Å². The van der Waals surface area contributed by atoms with Crippen LogP contribution in [-0.2, 0) is 14.3 Å². The van der Waals surface area contributed by atoms with Gasteiger partial charge in [-0.15, -0.1) is 0 Å². The molecule has 1 saturated heterocycles. The van der Waals surface area contributed by atoms with Gasteiger partial charge in [0.2, 0.25) is 11.8 Å². The van der Waals surface area contributed by atoms with E-state index in [2.05, 4.69) is 16.0 Å². The van der Waals surface area contributed by atoms with Crippen LogP contribution in [0.2, 0.25) is 10.0 Å². The SMILES string of the molecule is CC(C)(C)OC(=O)NCCNC(=O)C1CCCN(CC(=O)Nc2c(Cl)cccc2Cl)C1. The van der Waals surface area contributed by atoms with Crippen LogP contribution in [0.5, 0.6) is 0 Å². The van der Waals surface area contributed by atoms with Crippen LogP contribution in [-0.4, -0.2) is 61.1 Å². The minimum Gasteiger partial charge on any atom is -0.444 e. The molecule has 0 aromatic heterocycles. The van der Waals surface area contributed by atoms with Crippen LogP contribution in [0.4, 0.5) is 10.5 Å². The van der Waals surface area contributed by atoms with E-state index in [9.17, 15) is 14.4 Å². The molecule has 0 bridgehead atoms. The maximum Gasteiger partial charge on any atom is 0.407 e. The van der Waals surface area contributed by atoms with Crippen molar-refractivity contribution in [2.45, 2.75) is 39.2 Å². The number of para-hydroxylation sites is 1. The van der Waals surface area contributed by atoms with Gasteiger partial charge < -0.3 is 20.7 Å². The summed E-state index contributed by atoms with van der Waals surface area (Å²) in [6, 6.07) is 5.02. The summed E-state index contributed by atoms with van der Waals surface area (Å²) in [5.41, 5.74) is -0.179. The number of hydrogen-bond donors (Lipinski definition) is 3. The molecule has 3 N–H and O–H groups in total. The minimum atomic E-state index is -0.567. The lowest BCUT2D eigenvalue weighted by atomic mass is 9.97. The zero-order valence-corrected chi connectivity index (χ0v) is 19.6. The number of rotatable bonds is 7. The number of ether oxygens (including phenoxy) is 1. The van der Waals surface area contributed by atoms with Crippen LogP contribution in [0, 0.1) is 5.92 Å². The lowest BCUT2D eigenvalue weighted by Crippen LogP contribution is -2.46. The Hall–Kier alpha value is -2.03. The van der Waals surface area contributed by atoms with Gasteiger partial charge in [0.05, 0.1) is 28.2 Å². The van der Waals surface area contributed by atoms with Crippen LogP contribution in [0.15, 0.2) is 18.2 Å². The second-order valence-electron chi connectivity index (χ2n) is 8.44. The lowest BCUT2D eigenvalue weighted by molar-refractivity contribution is -0.127. The van der Waals surface area contributed by atoms with Gasteiger partial charge in [0, 0.05) is 19.6 Å². The quantitative estimate of drug-likeness (QED) is 0.528. The molecule has 1 heterocycles. The average molecular weight is 473 g/mol. The minimum absolute atomic E-state index is 0.0924. The highest BCUT2D eigenvalue weighted by molar-refractivity contribution is 6.39. The number of carbonyl (C=O) groups is 3. The summed E-state index contributed by atoms with van der Waals surface area (Å²) >= 11 is 12.2. The molecule has 1 aromatic rings. The van der Waals surface area contributed by atoms with Gasteiger partial charge in [0.15, 0.2) is 0 Å². The molecule has 8 nitrogen and oxygen atoms in total. The number of likely N-dealkylation sites (tertiary alicyclic amines) is 1. The molecule has 1 unspecified atom stereocenters. The van der Waals surface area contributed by atoms with E-state index >= 15 is 0 Å². The highest BCUT2D eigenvalue weighted by Crippen LogP contribution is 2.29. The molecular formula is C21H30Cl2N4O4. The van der Waals surface area contributed by atoms with Crippen molar-refractivity contribution in [2.75, 3.05) is 38.0 Å². The monoisotopic (exact) mass is 472 g/mol. The van der Waals surface area contributed by atoms with Crippen molar-refractivity contribution in [3.05, 3.63) is 28.2 Å². The van der Waals surface area contributed by atoms with Gasteiger partial charge in [-0.3, -0.25) is 14.5 Å². The van der Waals surface area contributed by atoms with Gasteiger partial charge in [-0.25, -0.2) is 4.79 Å². The summed E-state index contributed by atoms with van der Waals surface area (Å²) in [5.74, 6) is -0.546. The number of nitrogens with zero attached hydrogens (tertiary/aromatic N) is 1. The fraction of sp³-hybridized carbons (Fsp3) is 0.571. The van der Waals surface area contributed by atoms with Gasteiger partial charge in [-0.05, 0) is 52.3 Å². The van der Waals surface area contributed by atoms with Crippen molar-refractivity contribution < 1.29 is 19.1 Å². The Kier molecular flexibility index (Phi) is 9.40. The maximum atomic E-state index is 12.5. The number of benzene rings is 1. The third kappa shape index (κ3) is 8.93. The van der Waals surface area contributed by atoms with Gasteiger partial charge in [-0.2, -0.15) is 0 Å². The van der Waals surface area contributed by atoms with Gasteiger partial charge in [0.25, 0.3) is 0 Å². The summed E-state index contributed by atoms with van der Waals surface area (Å²) in [5, 5.41) is 8.92. The Labute approximate surface area is 193 Å². The first kappa shape index (κ1) is 25.2. The number of carbonyl (C=O) groups excluding carboxylic acids is 3. The highest BCUT2D eigenvalue weighted by atomic mass is 35.5. The Bertz CT molecular complexity index is 778. The largest absolute Gasteiger partial charge is 0.444 e. The molecule has 0 radical (unpaired) electrons. The highest BCUT2D eigenvalue weighted by Gasteiger charge is 2.27. The normalized spacial score (nSPS) is 17.0. The van der Waals surface area contributed by atoms with Crippen molar-refractivity contribution in [2.24, 2.45) is 5.92 Å². The lowest BCUT2D eigenvalue weighted by Gasteiger charge is -2.31. The first-order valence-electron chi connectivity index (χ1n) is 10.3. The number of amides is 3. The van der Waals surface area contributed by atoms with Crippen molar-refractivity contribution in [1.82, 2.24) is 15.5 Å². The molecule has 1 fully saturated rings. The molecule has 1 aliphatic rings. The summed E-state index contributed by atoms with van der Waals surface area (Å²) in [4.78, 5) is 38.4.